The smallest absolute Gasteiger partial charge is 0.250 e. The fourth-order valence-electron chi connectivity index (χ4n) is 3.76. The van der Waals surface area contributed by atoms with E-state index in [4.69, 9.17) is 5.73 Å². The quantitative estimate of drug-likeness (QED) is 0.426. The number of hydrogen-bond acceptors (Lipinski definition) is 5. The van der Waals surface area contributed by atoms with E-state index in [1.165, 1.54) is 0 Å². The number of nitrogens with two attached hydrogens (primary N) is 1. The molecule has 0 fully saturated rings. The summed E-state index contributed by atoms with van der Waals surface area (Å²) in [4.78, 5) is 0. The number of sulfone groups is 1. The highest BCUT2D eigenvalue weighted by Crippen LogP contribution is 2.22. The van der Waals surface area contributed by atoms with Crippen molar-refractivity contribution in [2.24, 2.45) is 5.73 Å². The molecule has 6 nitrogen and oxygen atoms in total. The van der Waals surface area contributed by atoms with Crippen LogP contribution in [0.25, 0.3) is 0 Å². The molecule has 33 heavy (non-hydrogen) atoms. The van der Waals surface area contributed by atoms with Crippen molar-refractivity contribution in [2.45, 2.75) is 43.8 Å². The summed E-state index contributed by atoms with van der Waals surface area (Å²) in [6.07, 6.45) is 0.533. The van der Waals surface area contributed by atoms with Crippen molar-refractivity contribution in [2.75, 3.05) is 0 Å². The lowest BCUT2D eigenvalue weighted by atomic mass is 10.1. The normalized spacial score (nSPS) is 12.6. The highest BCUT2D eigenvalue weighted by Gasteiger charge is 2.27. The second-order valence-corrected chi connectivity index (χ2v) is 10.3. The van der Waals surface area contributed by atoms with Crippen LogP contribution < -0.4 is 5.73 Å². The highest BCUT2D eigenvalue weighted by molar-refractivity contribution is 7.90. The van der Waals surface area contributed by atoms with Crippen molar-refractivity contribution in [3.63, 3.8) is 0 Å². The molecule has 0 aliphatic heterocycles. The zero-order valence-corrected chi connectivity index (χ0v) is 19.7. The molecule has 0 aliphatic rings. The van der Waals surface area contributed by atoms with Crippen LogP contribution in [0.15, 0.2) is 84.0 Å². The van der Waals surface area contributed by atoms with Gasteiger partial charge in [-0.3, -0.25) is 4.57 Å². The van der Waals surface area contributed by atoms with E-state index in [-0.39, 0.29) is 10.9 Å². The van der Waals surface area contributed by atoms with E-state index in [2.05, 4.69) is 10.2 Å². The highest BCUT2D eigenvalue weighted by atomic mass is 32.2. The van der Waals surface area contributed by atoms with Gasteiger partial charge in [-0.2, -0.15) is 0 Å². The van der Waals surface area contributed by atoms with E-state index >= 15 is 0 Å². The monoisotopic (exact) mass is 460 g/mol. The van der Waals surface area contributed by atoms with Gasteiger partial charge in [0.15, 0.2) is 5.82 Å². The first-order valence-corrected chi connectivity index (χ1v) is 12.5. The summed E-state index contributed by atoms with van der Waals surface area (Å²) in [5.74, 6) is 0.315. The van der Waals surface area contributed by atoms with Gasteiger partial charge in [0, 0.05) is 0 Å². The van der Waals surface area contributed by atoms with E-state index in [9.17, 15) is 8.42 Å². The molecule has 1 heterocycles. The van der Waals surface area contributed by atoms with E-state index in [1.54, 1.807) is 4.57 Å². The predicted molar refractivity (Wildman–Crippen MR) is 129 cm³/mol. The molecule has 0 bridgehead atoms. The number of nitrogens with zero attached hydrogens (tertiary/aromatic N) is 3. The molecule has 170 valence electrons. The number of aromatic nitrogens is 3. The fourth-order valence-corrected chi connectivity index (χ4v) is 5.18. The Morgan fingerprint density at radius 3 is 1.97 bits per heavy atom. The lowest BCUT2D eigenvalue weighted by molar-refractivity contribution is 0.553. The molecule has 0 radical (unpaired) electrons. The van der Waals surface area contributed by atoms with Gasteiger partial charge >= 0.3 is 0 Å². The topological polar surface area (TPSA) is 90.9 Å². The Morgan fingerprint density at radius 1 is 0.788 bits per heavy atom. The summed E-state index contributed by atoms with van der Waals surface area (Å²) in [6, 6.07) is 24.8. The summed E-state index contributed by atoms with van der Waals surface area (Å²) in [7, 11) is -3.74. The van der Waals surface area contributed by atoms with Gasteiger partial charge < -0.3 is 5.73 Å². The second-order valence-electron chi connectivity index (χ2n) is 8.45. The Labute approximate surface area is 195 Å². The minimum absolute atomic E-state index is 0.0536. The standard InChI is InChI=1S/C26H28N4O2S/c1-19-8-12-22(13-9-19)17-30-25(24(27)16-21-6-4-3-5-7-21)28-29-26(30)33(31,32)18-23-14-10-20(2)11-15-23/h3-15,24H,16-18,27H2,1-2H3/t24-/m0/s1. The van der Waals surface area contributed by atoms with Gasteiger partial charge in [0.25, 0.3) is 0 Å². The van der Waals surface area contributed by atoms with Crippen molar-refractivity contribution >= 4 is 9.84 Å². The fraction of sp³-hybridized carbons (Fsp3) is 0.231. The molecule has 0 spiro atoms. The minimum Gasteiger partial charge on any atom is -0.321 e. The molecule has 0 saturated carbocycles. The Kier molecular flexibility index (Phi) is 6.72. The first-order chi connectivity index (χ1) is 15.8. The summed E-state index contributed by atoms with van der Waals surface area (Å²) in [5.41, 5.74) is 11.4. The van der Waals surface area contributed by atoms with Gasteiger partial charge in [-0.1, -0.05) is 90.0 Å². The first kappa shape index (κ1) is 22.9. The van der Waals surface area contributed by atoms with Crippen LogP contribution in [0.4, 0.5) is 0 Å². The largest absolute Gasteiger partial charge is 0.321 e. The molecular formula is C26H28N4O2S. The van der Waals surface area contributed by atoms with E-state index in [0.29, 0.717) is 24.4 Å². The van der Waals surface area contributed by atoms with Crippen molar-refractivity contribution in [1.82, 2.24) is 14.8 Å². The first-order valence-electron chi connectivity index (χ1n) is 10.9. The van der Waals surface area contributed by atoms with Crippen LogP contribution in [-0.2, 0) is 28.6 Å². The molecule has 0 aliphatic carbocycles. The number of rotatable bonds is 8. The number of benzene rings is 3. The second kappa shape index (κ2) is 9.68. The summed E-state index contributed by atoms with van der Waals surface area (Å²) >= 11 is 0. The molecular weight excluding hydrogens is 432 g/mol. The van der Waals surface area contributed by atoms with Gasteiger partial charge in [0.05, 0.1) is 18.3 Å². The van der Waals surface area contributed by atoms with E-state index in [1.807, 2.05) is 92.7 Å². The molecule has 7 heteroatoms. The van der Waals surface area contributed by atoms with Crippen LogP contribution >= 0.6 is 0 Å². The van der Waals surface area contributed by atoms with Gasteiger partial charge in [0.1, 0.15) is 0 Å². The maximum atomic E-state index is 13.4. The third kappa shape index (κ3) is 5.56. The molecule has 4 aromatic rings. The predicted octanol–water partition coefficient (Wildman–Crippen LogP) is 4.16. The Bertz CT molecular complexity index is 1310. The van der Waals surface area contributed by atoms with Crippen LogP contribution in [0.1, 0.15) is 39.7 Å². The lowest BCUT2D eigenvalue weighted by Crippen LogP contribution is -2.22. The van der Waals surface area contributed by atoms with Crippen LogP contribution in [-0.4, -0.2) is 23.2 Å². The molecule has 3 aromatic carbocycles. The lowest BCUT2D eigenvalue weighted by Gasteiger charge is -2.16. The van der Waals surface area contributed by atoms with Crippen LogP contribution in [0.2, 0.25) is 0 Å². The summed E-state index contributed by atoms with van der Waals surface area (Å²) < 4.78 is 28.4. The van der Waals surface area contributed by atoms with Gasteiger partial charge in [-0.05, 0) is 37.0 Å². The Morgan fingerprint density at radius 2 is 1.36 bits per heavy atom. The van der Waals surface area contributed by atoms with E-state index in [0.717, 1.165) is 22.3 Å². The third-order valence-electron chi connectivity index (χ3n) is 5.59. The van der Waals surface area contributed by atoms with Crippen LogP contribution in [0.5, 0.6) is 0 Å². The Hall–Kier alpha value is -3.29. The van der Waals surface area contributed by atoms with Gasteiger partial charge in [-0.25, -0.2) is 8.42 Å². The van der Waals surface area contributed by atoms with Crippen molar-refractivity contribution < 1.29 is 8.42 Å². The summed E-state index contributed by atoms with van der Waals surface area (Å²) in [5, 5.41) is 8.33. The maximum Gasteiger partial charge on any atom is 0.250 e. The molecule has 2 N–H and O–H groups in total. The molecule has 0 saturated heterocycles. The Balaban J connectivity index is 1.71. The number of aryl methyl sites for hydroxylation is 2. The molecule has 1 aromatic heterocycles. The van der Waals surface area contributed by atoms with Gasteiger partial charge in [-0.15, -0.1) is 10.2 Å². The molecule has 0 amide bonds. The summed E-state index contributed by atoms with van der Waals surface area (Å²) in [6.45, 7) is 4.31. The SMILES string of the molecule is Cc1ccc(Cn2c([C@@H](N)Cc3ccccc3)nnc2S(=O)(=O)Cc2ccc(C)cc2)cc1. The zero-order chi connectivity index (χ0) is 23.4. The van der Waals surface area contributed by atoms with E-state index < -0.39 is 15.9 Å². The van der Waals surface area contributed by atoms with Crippen LogP contribution in [0, 0.1) is 13.8 Å². The van der Waals surface area contributed by atoms with Crippen molar-refractivity contribution in [3.8, 4) is 0 Å². The molecule has 1 atom stereocenters. The van der Waals surface area contributed by atoms with Gasteiger partial charge in [0.2, 0.25) is 15.0 Å². The molecule has 0 unspecified atom stereocenters. The maximum absolute atomic E-state index is 13.4. The van der Waals surface area contributed by atoms with Crippen molar-refractivity contribution in [1.29, 1.82) is 0 Å². The zero-order valence-electron chi connectivity index (χ0n) is 18.8. The average molecular weight is 461 g/mol. The minimum atomic E-state index is -3.74. The van der Waals surface area contributed by atoms with Crippen molar-refractivity contribution in [3.05, 3.63) is 113 Å². The van der Waals surface area contributed by atoms with Crippen LogP contribution in [0.3, 0.4) is 0 Å². The average Bonchev–Trinajstić information content (AvgIpc) is 3.22. The number of hydrogen-bond donors (Lipinski definition) is 1. The molecule has 4 rings (SSSR count). The third-order valence-corrected chi connectivity index (χ3v) is 7.16.